The zero-order valence-corrected chi connectivity index (χ0v) is 13.7. The highest BCUT2D eigenvalue weighted by molar-refractivity contribution is 6.42. The van der Waals surface area contributed by atoms with Gasteiger partial charge in [0.1, 0.15) is 11.6 Å². The number of ether oxygens (including phenoxy) is 1. The molecule has 0 fully saturated rings. The van der Waals surface area contributed by atoms with Crippen LogP contribution in [-0.4, -0.2) is 23.7 Å². The number of hydrogen-bond donors (Lipinski definition) is 2. The molecule has 118 valence electrons. The van der Waals surface area contributed by atoms with E-state index in [2.05, 4.69) is 15.3 Å². The number of nitrogens with zero attached hydrogens (tertiary/aromatic N) is 2. The molecule has 1 heterocycles. The van der Waals surface area contributed by atoms with Crippen LogP contribution < -0.4 is 11.1 Å². The normalized spacial score (nSPS) is 12.3. The summed E-state index contributed by atoms with van der Waals surface area (Å²) in [5.41, 5.74) is 6.70. The summed E-state index contributed by atoms with van der Waals surface area (Å²) in [7, 11) is 1.67. The third kappa shape index (κ3) is 4.81. The lowest BCUT2D eigenvalue weighted by atomic mass is 10.0. The summed E-state index contributed by atoms with van der Waals surface area (Å²) in [5, 5.41) is 4.47. The average molecular weight is 341 g/mol. The van der Waals surface area contributed by atoms with E-state index in [4.69, 9.17) is 33.7 Å². The maximum absolute atomic E-state index is 6.10. The predicted molar refractivity (Wildman–Crippen MR) is 89.0 cm³/mol. The minimum absolute atomic E-state index is 0.0553. The summed E-state index contributed by atoms with van der Waals surface area (Å²) in [6.45, 7) is 1.12. The van der Waals surface area contributed by atoms with Gasteiger partial charge in [0.25, 0.3) is 0 Å². The smallest absolute Gasteiger partial charge is 0.144 e. The van der Waals surface area contributed by atoms with E-state index in [1.54, 1.807) is 25.4 Å². The second-order valence-electron chi connectivity index (χ2n) is 4.79. The third-order valence-corrected chi connectivity index (χ3v) is 3.93. The van der Waals surface area contributed by atoms with Crippen molar-refractivity contribution in [3.8, 4) is 0 Å². The molecule has 0 bridgehead atoms. The summed E-state index contributed by atoms with van der Waals surface area (Å²) >= 11 is 12.1. The number of nitrogens with two attached hydrogens (primary N) is 1. The van der Waals surface area contributed by atoms with Crippen LogP contribution in [0.4, 0.5) is 5.82 Å². The molecule has 0 spiro atoms. The average Bonchev–Trinajstić information content (AvgIpc) is 2.50. The van der Waals surface area contributed by atoms with Crippen molar-refractivity contribution in [1.29, 1.82) is 0 Å². The van der Waals surface area contributed by atoms with Gasteiger partial charge in [-0.15, -0.1) is 0 Å². The zero-order chi connectivity index (χ0) is 15.9. The Hall–Kier alpha value is -1.40. The first-order chi connectivity index (χ1) is 10.6. The number of anilines is 1. The van der Waals surface area contributed by atoms with E-state index in [1.165, 1.54) is 0 Å². The Morgan fingerprint density at radius 2 is 2.09 bits per heavy atom. The van der Waals surface area contributed by atoms with Crippen LogP contribution in [0.2, 0.25) is 10.0 Å². The van der Waals surface area contributed by atoms with E-state index in [-0.39, 0.29) is 6.04 Å². The van der Waals surface area contributed by atoms with Gasteiger partial charge in [0.2, 0.25) is 0 Å². The number of benzene rings is 1. The number of halogens is 2. The van der Waals surface area contributed by atoms with Gasteiger partial charge < -0.3 is 15.8 Å². The Morgan fingerprint density at radius 1 is 1.27 bits per heavy atom. The van der Waals surface area contributed by atoms with Crippen LogP contribution in [0.5, 0.6) is 0 Å². The first-order valence-electron chi connectivity index (χ1n) is 6.85. The molecule has 0 aliphatic rings. The summed E-state index contributed by atoms with van der Waals surface area (Å²) in [5.74, 6) is 1.09. The van der Waals surface area contributed by atoms with Crippen LogP contribution in [0.3, 0.4) is 0 Å². The third-order valence-electron chi connectivity index (χ3n) is 3.19. The minimum atomic E-state index is 0.0553. The zero-order valence-electron chi connectivity index (χ0n) is 12.2. The topological polar surface area (TPSA) is 73.1 Å². The molecule has 3 N–H and O–H groups in total. The molecule has 0 saturated heterocycles. The van der Waals surface area contributed by atoms with Crippen molar-refractivity contribution in [1.82, 2.24) is 15.3 Å². The van der Waals surface area contributed by atoms with Crippen LogP contribution in [-0.2, 0) is 11.3 Å². The standard InChI is InChI=1S/C15H18Cl2N4O/c1-22-7-5-13(10-2-3-11(16)12(17)8-10)20-9-15-19-6-4-14(18)21-15/h2-4,6,8,13,20H,5,7,9H2,1H3,(H2,18,19,21). The first-order valence-corrected chi connectivity index (χ1v) is 7.60. The van der Waals surface area contributed by atoms with Crippen LogP contribution in [0.1, 0.15) is 23.9 Å². The van der Waals surface area contributed by atoms with E-state index in [0.717, 1.165) is 12.0 Å². The quantitative estimate of drug-likeness (QED) is 0.809. The van der Waals surface area contributed by atoms with E-state index < -0.39 is 0 Å². The van der Waals surface area contributed by atoms with Crippen LogP contribution in [0.15, 0.2) is 30.5 Å². The molecular weight excluding hydrogens is 323 g/mol. The van der Waals surface area contributed by atoms with Gasteiger partial charge in [-0.3, -0.25) is 0 Å². The van der Waals surface area contributed by atoms with Crippen LogP contribution >= 0.6 is 23.2 Å². The van der Waals surface area contributed by atoms with E-state index in [9.17, 15) is 0 Å². The fraction of sp³-hybridized carbons (Fsp3) is 0.333. The molecule has 0 saturated carbocycles. The van der Waals surface area contributed by atoms with Crippen LogP contribution in [0, 0.1) is 0 Å². The molecule has 1 atom stereocenters. The molecule has 7 heteroatoms. The van der Waals surface area contributed by atoms with Crippen molar-refractivity contribution >= 4 is 29.0 Å². The predicted octanol–water partition coefficient (Wildman–Crippen LogP) is 3.23. The molecule has 1 aromatic carbocycles. The lowest BCUT2D eigenvalue weighted by Crippen LogP contribution is -2.23. The van der Waals surface area contributed by atoms with Crippen molar-refractivity contribution in [3.05, 3.63) is 51.9 Å². The summed E-state index contributed by atoms with van der Waals surface area (Å²) in [6, 6.07) is 7.31. The van der Waals surface area contributed by atoms with Crippen molar-refractivity contribution in [2.24, 2.45) is 0 Å². The Balaban J connectivity index is 2.10. The SMILES string of the molecule is COCCC(NCc1nccc(N)n1)c1ccc(Cl)c(Cl)c1. The summed E-state index contributed by atoms with van der Waals surface area (Å²) in [4.78, 5) is 8.36. The number of nitrogen functional groups attached to an aromatic ring is 1. The lowest BCUT2D eigenvalue weighted by Gasteiger charge is -2.19. The van der Waals surface area contributed by atoms with E-state index >= 15 is 0 Å². The van der Waals surface area contributed by atoms with Crippen molar-refractivity contribution in [2.75, 3.05) is 19.5 Å². The second kappa shape index (κ2) is 8.29. The maximum Gasteiger partial charge on any atom is 0.144 e. The molecule has 2 aromatic rings. The maximum atomic E-state index is 6.10. The molecule has 1 aromatic heterocycles. The van der Waals surface area contributed by atoms with Gasteiger partial charge in [-0.05, 0) is 30.2 Å². The number of nitrogens with one attached hydrogen (secondary N) is 1. The molecule has 2 rings (SSSR count). The molecule has 22 heavy (non-hydrogen) atoms. The fourth-order valence-corrected chi connectivity index (χ4v) is 2.37. The van der Waals surface area contributed by atoms with Gasteiger partial charge in [-0.2, -0.15) is 0 Å². The Labute approximate surface area is 139 Å². The minimum Gasteiger partial charge on any atom is -0.385 e. The number of methoxy groups -OCH3 is 1. The molecule has 0 aliphatic heterocycles. The van der Waals surface area contributed by atoms with Gasteiger partial charge in [-0.25, -0.2) is 9.97 Å². The highest BCUT2D eigenvalue weighted by Gasteiger charge is 2.13. The monoisotopic (exact) mass is 340 g/mol. The van der Waals surface area contributed by atoms with Crippen LogP contribution in [0.25, 0.3) is 0 Å². The van der Waals surface area contributed by atoms with Gasteiger partial charge in [-0.1, -0.05) is 29.3 Å². The number of rotatable bonds is 7. The molecule has 0 radical (unpaired) electrons. The van der Waals surface area contributed by atoms with Crippen molar-refractivity contribution < 1.29 is 4.74 Å². The van der Waals surface area contributed by atoms with Crippen molar-refractivity contribution in [2.45, 2.75) is 19.0 Å². The number of hydrogen-bond acceptors (Lipinski definition) is 5. The van der Waals surface area contributed by atoms with E-state index in [1.807, 2.05) is 12.1 Å². The summed E-state index contributed by atoms with van der Waals surface area (Å²) in [6.07, 6.45) is 2.43. The first kappa shape index (κ1) is 17.0. The lowest BCUT2D eigenvalue weighted by molar-refractivity contribution is 0.182. The Morgan fingerprint density at radius 3 is 2.77 bits per heavy atom. The highest BCUT2D eigenvalue weighted by Crippen LogP contribution is 2.27. The Kier molecular flexibility index (Phi) is 6.39. The highest BCUT2D eigenvalue weighted by atomic mass is 35.5. The van der Waals surface area contributed by atoms with Crippen molar-refractivity contribution in [3.63, 3.8) is 0 Å². The van der Waals surface area contributed by atoms with Gasteiger partial charge >= 0.3 is 0 Å². The largest absolute Gasteiger partial charge is 0.385 e. The molecule has 1 unspecified atom stereocenters. The summed E-state index contributed by atoms with van der Waals surface area (Å²) < 4.78 is 5.17. The Bertz CT molecular complexity index is 624. The van der Waals surface area contributed by atoms with Gasteiger partial charge in [0.15, 0.2) is 0 Å². The molecular formula is C15H18Cl2N4O. The fourth-order valence-electron chi connectivity index (χ4n) is 2.07. The number of aromatic nitrogens is 2. The second-order valence-corrected chi connectivity index (χ2v) is 5.60. The molecule has 0 amide bonds. The molecule has 5 nitrogen and oxygen atoms in total. The van der Waals surface area contributed by atoms with Gasteiger partial charge in [0, 0.05) is 26.0 Å². The van der Waals surface area contributed by atoms with E-state index in [0.29, 0.717) is 34.8 Å². The van der Waals surface area contributed by atoms with Gasteiger partial charge in [0.05, 0.1) is 16.6 Å². The molecule has 0 aliphatic carbocycles.